The number of hydrogen-bond acceptors (Lipinski definition) is 6. The van der Waals surface area contributed by atoms with E-state index in [4.69, 9.17) is 16.3 Å². The van der Waals surface area contributed by atoms with Gasteiger partial charge in [-0.05, 0) is 30.9 Å². The molecule has 0 radical (unpaired) electrons. The summed E-state index contributed by atoms with van der Waals surface area (Å²) in [5.41, 5.74) is -0.722. The van der Waals surface area contributed by atoms with E-state index in [-0.39, 0.29) is 12.5 Å². The third-order valence-corrected chi connectivity index (χ3v) is 6.38. The van der Waals surface area contributed by atoms with Gasteiger partial charge < -0.3 is 19.9 Å². The lowest BCUT2D eigenvalue weighted by molar-refractivity contribution is -0.134. The smallest absolute Gasteiger partial charge is 0.332 e. The fourth-order valence-electron chi connectivity index (χ4n) is 4.23. The topological polar surface area (TPSA) is 99.7 Å². The van der Waals surface area contributed by atoms with E-state index in [0.717, 1.165) is 58.7 Å². The van der Waals surface area contributed by atoms with Crippen molar-refractivity contribution in [1.29, 1.82) is 0 Å². The number of aromatic amines is 1. The van der Waals surface area contributed by atoms with Gasteiger partial charge >= 0.3 is 5.69 Å². The minimum atomic E-state index is -0.601. The highest BCUT2D eigenvalue weighted by Crippen LogP contribution is 2.25. The van der Waals surface area contributed by atoms with Crippen LogP contribution < -0.4 is 21.3 Å². The van der Waals surface area contributed by atoms with E-state index in [1.165, 1.54) is 16.8 Å². The maximum atomic E-state index is 12.6. The number of nitrogens with one attached hydrogen (secondary N) is 2. The highest BCUT2D eigenvalue weighted by molar-refractivity contribution is 6.32. The third-order valence-electron chi connectivity index (χ3n) is 6.06. The Morgan fingerprint density at radius 1 is 1.09 bits per heavy atom. The molecule has 2 saturated heterocycles. The van der Waals surface area contributed by atoms with Gasteiger partial charge in [0.25, 0.3) is 11.5 Å². The highest BCUT2D eigenvalue weighted by atomic mass is 35.5. The number of carbonyl (C=O) groups excluding carboxylic acids is 1. The lowest BCUT2D eigenvalue weighted by Crippen LogP contribution is -2.47. The van der Waals surface area contributed by atoms with Crippen molar-refractivity contribution in [2.75, 3.05) is 52.4 Å². The van der Waals surface area contributed by atoms with Crippen molar-refractivity contribution in [2.45, 2.75) is 12.8 Å². The summed E-state index contributed by atoms with van der Waals surface area (Å²) in [6.07, 6.45) is 3.37. The number of piperazine rings is 1. The minimum absolute atomic E-state index is 0.0525. The predicted molar refractivity (Wildman–Crippen MR) is 122 cm³/mol. The van der Waals surface area contributed by atoms with Crippen molar-refractivity contribution in [3.05, 3.63) is 56.3 Å². The number of rotatable bonds is 6. The molecule has 0 unspecified atom stereocenters. The number of likely N-dealkylation sites (tertiary alicyclic amines) is 1. The standard InChI is InChI=1S/C22H28ClN5O4/c23-18-2-1-17(13-19(18)28-10-5-20(29)25-22(28)31)32-15-21(30)27-8-3-16(4-9-27)14-26-11-6-24-7-12-26/h1-2,5,10,13,16,24H,3-4,6-9,11-12,14-15H2,(H,25,29,31). The van der Waals surface area contributed by atoms with Gasteiger partial charge in [-0.25, -0.2) is 4.79 Å². The number of nitrogens with zero attached hydrogens (tertiary/aromatic N) is 3. The fourth-order valence-corrected chi connectivity index (χ4v) is 4.44. The van der Waals surface area contributed by atoms with E-state index in [0.29, 0.717) is 22.4 Å². The molecule has 0 spiro atoms. The first-order chi connectivity index (χ1) is 15.5. The molecule has 10 heteroatoms. The van der Waals surface area contributed by atoms with Gasteiger partial charge in [0.1, 0.15) is 5.75 Å². The summed E-state index contributed by atoms with van der Waals surface area (Å²) in [4.78, 5) is 42.6. The van der Waals surface area contributed by atoms with E-state index in [1.807, 2.05) is 4.90 Å². The molecule has 0 saturated carbocycles. The summed E-state index contributed by atoms with van der Waals surface area (Å²) in [6, 6.07) is 6.06. The lowest BCUT2D eigenvalue weighted by Gasteiger charge is -2.36. The van der Waals surface area contributed by atoms with Crippen LogP contribution in [-0.4, -0.2) is 77.7 Å². The first-order valence-corrected chi connectivity index (χ1v) is 11.3. The van der Waals surface area contributed by atoms with Crippen molar-refractivity contribution < 1.29 is 9.53 Å². The number of amides is 1. The molecule has 4 rings (SSSR count). The predicted octanol–water partition coefficient (Wildman–Crippen LogP) is 0.702. The molecule has 2 aliphatic rings. The summed E-state index contributed by atoms with van der Waals surface area (Å²) < 4.78 is 6.92. The summed E-state index contributed by atoms with van der Waals surface area (Å²) in [5, 5.41) is 3.70. The number of benzene rings is 1. The second-order valence-electron chi connectivity index (χ2n) is 8.26. The van der Waals surface area contributed by atoms with Gasteiger partial charge in [0.2, 0.25) is 0 Å². The van der Waals surface area contributed by atoms with E-state index >= 15 is 0 Å². The molecule has 32 heavy (non-hydrogen) atoms. The normalized spacial score (nSPS) is 18.0. The van der Waals surface area contributed by atoms with Crippen molar-refractivity contribution in [1.82, 2.24) is 24.7 Å². The first kappa shape index (κ1) is 22.6. The van der Waals surface area contributed by atoms with Gasteiger partial charge in [-0.15, -0.1) is 0 Å². The summed E-state index contributed by atoms with van der Waals surface area (Å²) >= 11 is 6.22. The molecule has 1 amide bonds. The van der Waals surface area contributed by atoms with E-state index in [9.17, 15) is 14.4 Å². The molecule has 3 heterocycles. The van der Waals surface area contributed by atoms with Crippen molar-refractivity contribution in [3.63, 3.8) is 0 Å². The number of aromatic nitrogens is 2. The maximum absolute atomic E-state index is 12.6. The molecule has 0 bridgehead atoms. The fraction of sp³-hybridized carbons (Fsp3) is 0.500. The quantitative estimate of drug-likeness (QED) is 0.657. The van der Waals surface area contributed by atoms with Gasteiger partial charge in [-0.3, -0.25) is 19.1 Å². The van der Waals surface area contributed by atoms with E-state index in [2.05, 4.69) is 15.2 Å². The Morgan fingerprint density at radius 3 is 2.56 bits per heavy atom. The molecule has 9 nitrogen and oxygen atoms in total. The number of halogens is 1. The molecular formula is C22H28ClN5O4. The Morgan fingerprint density at radius 2 is 1.84 bits per heavy atom. The Balaban J connectivity index is 1.30. The van der Waals surface area contributed by atoms with Gasteiger partial charge in [0.05, 0.1) is 10.7 Å². The largest absolute Gasteiger partial charge is 0.484 e. The van der Waals surface area contributed by atoms with E-state index < -0.39 is 11.2 Å². The van der Waals surface area contributed by atoms with Crippen molar-refractivity contribution in [2.24, 2.45) is 5.92 Å². The Kier molecular flexibility index (Phi) is 7.29. The van der Waals surface area contributed by atoms with Crippen LogP contribution in [-0.2, 0) is 4.79 Å². The van der Waals surface area contributed by atoms with Crippen molar-refractivity contribution >= 4 is 17.5 Å². The SMILES string of the molecule is O=C(COc1ccc(Cl)c(-n2ccc(=O)[nH]c2=O)c1)N1CCC(CN2CCNCC2)CC1. The second kappa shape index (κ2) is 10.3. The van der Waals surface area contributed by atoms with Crippen LogP contribution >= 0.6 is 11.6 Å². The molecule has 2 aliphatic heterocycles. The number of H-pyrrole nitrogens is 1. The molecule has 1 aromatic carbocycles. The Hall–Kier alpha value is -2.62. The summed E-state index contributed by atoms with van der Waals surface area (Å²) in [6.45, 7) is 6.83. The first-order valence-electron chi connectivity index (χ1n) is 10.9. The van der Waals surface area contributed by atoms with Crippen LogP contribution in [0.1, 0.15) is 12.8 Å². The molecule has 2 fully saturated rings. The number of carbonyl (C=O) groups is 1. The maximum Gasteiger partial charge on any atom is 0.332 e. The van der Waals surface area contributed by atoms with Crippen LogP contribution in [0, 0.1) is 5.92 Å². The average molecular weight is 462 g/mol. The second-order valence-corrected chi connectivity index (χ2v) is 8.66. The molecule has 1 aromatic heterocycles. The monoisotopic (exact) mass is 461 g/mol. The Labute approximate surface area is 190 Å². The molecule has 172 valence electrons. The molecule has 2 aromatic rings. The average Bonchev–Trinajstić information content (AvgIpc) is 2.80. The van der Waals surface area contributed by atoms with Crippen LogP contribution in [0.2, 0.25) is 5.02 Å². The van der Waals surface area contributed by atoms with Gasteiger partial charge in [0, 0.05) is 64.1 Å². The third kappa shape index (κ3) is 5.59. The zero-order valence-electron chi connectivity index (χ0n) is 17.9. The summed E-state index contributed by atoms with van der Waals surface area (Å²) in [7, 11) is 0. The highest BCUT2D eigenvalue weighted by Gasteiger charge is 2.25. The molecule has 2 N–H and O–H groups in total. The zero-order chi connectivity index (χ0) is 22.5. The van der Waals surface area contributed by atoms with Gasteiger partial charge in [-0.2, -0.15) is 0 Å². The number of ether oxygens (including phenoxy) is 1. The van der Waals surface area contributed by atoms with Crippen LogP contribution in [0.15, 0.2) is 40.1 Å². The van der Waals surface area contributed by atoms with Crippen LogP contribution in [0.3, 0.4) is 0 Å². The van der Waals surface area contributed by atoms with Gasteiger partial charge in [0.15, 0.2) is 6.61 Å². The molecule has 0 aliphatic carbocycles. The lowest BCUT2D eigenvalue weighted by atomic mass is 9.96. The molecular weight excluding hydrogens is 434 g/mol. The van der Waals surface area contributed by atoms with Crippen LogP contribution in [0.4, 0.5) is 0 Å². The number of hydrogen-bond donors (Lipinski definition) is 2. The zero-order valence-corrected chi connectivity index (χ0v) is 18.6. The van der Waals surface area contributed by atoms with Crippen LogP contribution in [0.5, 0.6) is 5.75 Å². The van der Waals surface area contributed by atoms with Gasteiger partial charge in [-0.1, -0.05) is 11.6 Å². The Bertz CT molecular complexity index is 1050. The minimum Gasteiger partial charge on any atom is -0.484 e. The van der Waals surface area contributed by atoms with Crippen molar-refractivity contribution in [3.8, 4) is 11.4 Å². The number of piperidine rings is 1. The van der Waals surface area contributed by atoms with E-state index in [1.54, 1.807) is 18.2 Å². The molecule has 0 atom stereocenters. The van der Waals surface area contributed by atoms with Crippen LogP contribution in [0.25, 0.3) is 5.69 Å². The summed E-state index contributed by atoms with van der Waals surface area (Å²) in [5.74, 6) is 1.00.